The molecule has 0 atom stereocenters. The molecular formula is C10H10ClN3O. The van der Waals surface area contributed by atoms with Gasteiger partial charge < -0.3 is 9.30 Å². The molecule has 2 aromatic rings. The summed E-state index contributed by atoms with van der Waals surface area (Å²) in [5, 5.41) is 0.392. The summed E-state index contributed by atoms with van der Waals surface area (Å²) in [6.45, 7) is 1.28. The highest BCUT2D eigenvalue weighted by molar-refractivity contribution is 6.30. The first-order valence-electron chi connectivity index (χ1n) is 4.55. The number of aromatic nitrogens is 3. The molecule has 78 valence electrons. The van der Waals surface area contributed by atoms with Gasteiger partial charge in [0.15, 0.2) is 10.9 Å². The van der Waals surface area contributed by atoms with Gasteiger partial charge in [-0.05, 0) is 12.1 Å². The second-order valence-electron chi connectivity index (χ2n) is 2.94. The monoisotopic (exact) mass is 223 g/mol. The van der Waals surface area contributed by atoms with Crippen LogP contribution in [0.4, 0.5) is 0 Å². The molecule has 0 spiro atoms. The molecule has 0 saturated carbocycles. The van der Waals surface area contributed by atoms with Gasteiger partial charge in [0.2, 0.25) is 0 Å². The molecule has 0 N–H and O–H groups in total. The predicted molar refractivity (Wildman–Crippen MR) is 57.0 cm³/mol. The lowest BCUT2D eigenvalue weighted by atomic mass is 10.4. The molecule has 0 aliphatic heterocycles. The van der Waals surface area contributed by atoms with Crippen LogP contribution in [-0.4, -0.2) is 21.1 Å². The molecule has 0 bridgehead atoms. The Labute approximate surface area is 92.5 Å². The van der Waals surface area contributed by atoms with Crippen molar-refractivity contribution < 1.29 is 4.74 Å². The Morgan fingerprint density at radius 3 is 3.07 bits per heavy atom. The third-order valence-corrected chi connectivity index (χ3v) is 2.17. The van der Waals surface area contributed by atoms with Gasteiger partial charge in [0, 0.05) is 18.6 Å². The molecule has 15 heavy (non-hydrogen) atoms. The summed E-state index contributed by atoms with van der Waals surface area (Å²) in [5.41, 5.74) is 0. The van der Waals surface area contributed by atoms with Crippen molar-refractivity contribution in [3.63, 3.8) is 0 Å². The van der Waals surface area contributed by atoms with Gasteiger partial charge in [-0.1, -0.05) is 11.6 Å². The first kappa shape index (κ1) is 9.98. The van der Waals surface area contributed by atoms with E-state index in [9.17, 15) is 0 Å². The third-order valence-electron chi connectivity index (χ3n) is 1.89. The molecule has 0 radical (unpaired) electrons. The lowest BCUT2D eigenvalue weighted by Crippen LogP contribution is -2.06. The lowest BCUT2D eigenvalue weighted by molar-refractivity contribution is 0.297. The van der Waals surface area contributed by atoms with Crippen LogP contribution in [0.5, 0.6) is 5.75 Å². The van der Waals surface area contributed by atoms with Crippen LogP contribution >= 0.6 is 11.6 Å². The number of hydrogen-bond donors (Lipinski definition) is 0. The summed E-state index contributed by atoms with van der Waals surface area (Å²) >= 11 is 5.83. The van der Waals surface area contributed by atoms with Crippen molar-refractivity contribution in [2.45, 2.75) is 6.54 Å². The molecule has 0 fully saturated rings. The van der Waals surface area contributed by atoms with E-state index in [1.54, 1.807) is 30.9 Å². The second-order valence-corrected chi connectivity index (χ2v) is 3.30. The van der Waals surface area contributed by atoms with E-state index in [0.29, 0.717) is 17.5 Å². The van der Waals surface area contributed by atoms with E-state index in [4.69, 9.17) is 16.3 Å². The molecule has 4 nitrogen and oxygen atoms in total. The quantitative estimate of drug-likeness (QED) is 0.745. The van der Waals surface area contributed by atoms with E-state index in [-0.39, 0.29) is 0 Å². The molecule has 2 rings (SSSR count). The van der Waals surface area contributed by atoms with E-state index in [0.717, 1.165) is 6.54 Å². The molecule has 2 heterocycles. The number of nitrogens with zero attached hydrogens (tertiary/aromatic N) is 3. The fraction of sp³-hybridized carbons (Fsp3) is 0.200. The van der Waals surface area contributed by atoms with Crippen LogP contribution in [0, 0.1) is 0 Å². The van der Waals surface area contributed by atoms with Gasteiger partial charge in [0.25, 0.3) is 0 Å². The van der Waals surface area contributed by atoms with Crippen LogP contribution in [-0.2, 0) is 6.54 Å². The van der Waals surface area contributed by atoms with Crippen molar-refractivity contribution in [2.24, 2.45) is 0 Å². The Morgan fingerprint density at radius 1 is 1.40 bits per heavy atom. The molecule has 0 aliphatic rings. The van der Waals surface area contributed by atoms with Gasteiger partial charge in [-0.15, -0.1) is 0 Å². The predicted octanol–water partition coefficient (Wildman–Crippen LogP) is 2.01. The molecule has 5 heteroatoms. The summed E-state index contributed by atoms with van der Waals surface area (Å²) in [5.74, 6) is 0.610. The zero-order valence-electron chi connectivity index (χ0n) is 8.01. The number of imidazole rings is 1. The summed E-state index contributed by atoms with van der Waals surface area (Å²) in [6.07, 6.45) is 6.99. The highest BCUT2D eigenvalue weighted by Gasteiger charge is 2.00. The van der Waals surface area contributed by atoms with Crippen molar-refractivity contribution in [1.29, 1.82) is 0 Å². The van der Waals surface area contributed by atoms with Gasteiger partial charge in [-0.2, -0.15) is 0 Å². The summed E-state index contributed by atoms with van der Waals surface area (Å²) in [4.78, 5) is 7.85. The molecule has 0 aliphatic carbocycles. The molecule has 0 aromatic carbocycles. The Morgan fingerprint density at radius 2 is 2.33 bits per heavy atom. The average molecular weight is 224 g/mol. The fourth-order valence-electron chi connectivity index (χ4n) is 1.16. The van der Waals surface area contributed by atoms with Crippen molar-refractivity contribution in [3.8, 4) is 5.75 Å². The SMILES string of the molecule is Clc1ncccc1OCCn1ccnc1. The van der Waals surface area contributed by atoms with E-state index < -0.39 is 0 Å². The Kier molecular flexibility index (Phi) is 3.19. The standard InChI is InChI=1S/C10H10ClN3O/c11-10-9(2-1-3-13-10)15-7-6-14-5-4-12-8-14/h1-5,8H,6-7H2. The van der Waals surface area contributed by atoms with Crippen molar-refractivity contribution >= 4 is 11.6 Å². The van der Waals surface area contributed by atoms with Crippen LogP contribution in [0.2, 0.25) is 5.15 Å². The minimum atomic E-state index is 0.392. The van der Waals surface area contributed by atoms with Crippen molar-refractivity contribution in [3.05, 3.63) is 42.2 Å². The normalized spacial score (nSPS) is 10.2. The maximum absolute atomic E-state index is 5.83. The third kappa shape index (κ3) is 2.70. The number of pyridine rings is 1. The maximum Gasteiger partial charge on any atom is 0.171 e. The number of hydrogen-bond acceptors (Lipinski definition) is 3. The van der Waals surface area contributed by atoms with Gasteiger partial charge in [-0.3, -0.25) is 0 Å². The average Bonchev–Trinajstić information content (AvgIpc) is 2.74. The largest absolute Gasteiger partial charge is 0.488 e. The maximum atomic E-state index is 5.83. The van der Waals surface area contributed by atoms with E-state index in [1.165, 1.54) is 0 Å². The minimum Gasteiger partial charge on any atom is -0.488 e. The summed E-state index contributed by atoms with van der Waals surface area (Å²) < 4.78 is 7.40. The fourth-order valence-corrected chi connectivity index (χ4v) is 1.33. The van der Waals surface area contributed by atoms with Crippen LogP contribution in [0.25, 0.3) is 0 Å². The first-order valence-corrected chi connectivity index (χ1v) is 4.93. The zero-order chi connectivity index (χ0) is 10.5. The van der Waals surface area contributed by atoms with Crippen LogP contribution in [0.15, 0.2) is 37.1 Å². The molecule has 0 unspecified atom stereocenters. The lowest BCUT2D eigenvalue weighted by Gasteiger charge is -2.06. The highest BCUT2D eigenvalue weighted by atomic mass is 35.5. The van der Waals surface area contributed by atoms with Gasteiger partial charge in [0.1, 0.15) is 6.61 Å². The van der Waals surface area contributed by atoms with Crippen LogP contribution in [0.1, 0.15) is 0 Å². The van der Waals surface area contributed by atoms with Crippen molar-refractivity contribution in [2.75, 3.05) is 6.61 Å². The molecule has 0 saturated heterocycles. The molecule has 0 amide bonds. The van der Waals surface area contributed by atoms with Crippen molar-refractivity contribution in [1.82, 2.24) is 14.5 Å². The first-order chi connectivity index (χ1) is 7.36. The topological polar surface area (TPSA) is 39.9 Å². The number of ether oxygens (including phenoxy) is 1. The highest BCUT2D eigenvalue weighted by Crippen LogP contribution is 2.19. The Hall–Kier alpha value is -1.55. The van der Waals surface area contributed by atoms with Gasteiger partial charge >= 0.3 is 0 Å². The number of halogens is 1. The van der Waals surface area contributed by atoms with Gasteiger partial charge in [-0.25, -0.2) is 9.97 Å². The molecule has 2 aromatic heterocycles. The summed E-state index contributed by atoms with van der Waals surface area (Å²) in [7, 11) is 0. The van der Waals surface area contributed by atoms with Crippen LogP contribution in [0.3, 0.4) is 0 Å². The van der Waals surface area contributed by atoms with E-state index >= 15 is 0 Å². The van der Waals surface area contributed by atoms with Crippen LogP contribution < -0.4 is 4.74 Å². The molecular weight excluding hydrogens is 214 g/mol. The Bertz CT molecular complexity index is 416. The van der Waals surface area contributed by atoms with E-state index in [2.05, 4.69) is 9.97 Å². The zero-order valence-corrected chi connectivity index (χ0v) is 8.76. The van der Waals surface area contributed by atoms with E-state index in [1.807, 2.05) is 10.8 Å². The minimum absolute atomic E-state index is 0.392. The van der Waals surface area contributed by atoms with Gasteiger partial charge in [0.05, 0.1) is 12.9 Å². The smallest absolute Gasteiger partial charge is 0.171 e. The second kappa shape index (κ2) is 4.79. The Balaban J connectivity index is 1.86. The summed E-state index contributed by atoms with van der Waals surface area (Å²) in [6, 6.07) is 3.58. The number of rotatable bonds is 4.